The van der Waals surface area contributed by atoms with Crippen molar-refractivity contribution in [2.45, 2.75) is 31.7 Å². The molecule has 1 aromatic carbocycles. The lowest BCUT2D eigenvalue weighted by molar-refractivity contribution is -0.137. The molecular weight excluding hydrogens is 342 g/mol. The predicted molar refractivity (Wildman–Crippen MR) is 91.8 cm³/mol. The summed E-state index contributed by atoms with van der Waals surface area (Å²) in [4.78, 5) is 31.2. The Morgan fingerprint density at radius 1 is 1.20 bits per heavy atom. The number of carbonyl (C=O) groups is 2. The van der Waals surface area contributed by atoms with Gasteiger partial charge < -0.3 is 19.7 Å². The van der Waals surface area contributed by atoms with Gasteiger partial charge in [0, 0.05) is 24.6 Å². The molecule has 1 saturated carbocycles. The third-order valence-electron chi connectivity index (χ3n) is 4.88. The molecule has 3 aliphatic rings. The summed E-state index contributed by atoms with van der Waals surface area (Å²) in [6.45, 7) is 0.900. The van der Waals surface area contributed by atoms with Gasteiger partial charge in [0.05, 0.1) is 10.2 Å². The van der Waals surface area contributed by atoms with Gasteiger partial charge in [-0.25, -0.2) is 4.98 Å². The Hall–Kier alpha value is -2.35. The summed E-state index contributed by atoms with van der Waals surface area (Å²) in [5.74, 6) is 1.50. The van der Waals surface area contributed by atoms with Gasteiger partial charge in [0.1, 0.15) is 6.04 Å². The maximum absolute atomic E-state index is 12.7. The van der Waals surface area contributed by atoms with Crippen molar-refractivity contribution in [3.05, 3.63) is 12.1 Å². The minimum atomic E-state index is -0.378. The molecule has 1 unspecified atom stereocenters. The van der Waals surface area contributed by atoms with Crippen LogP contribution in [0.15, 0.2) is 12.1 Å². The molecule has 1 N–H and O–H groups in total. The van der Waals surface area contributed by atoms with Crippen LogP contribution in [-0.4, -0.2) is 41.1 Å². The van der Waals surface area contributed by atoms with Gasteiger partial charge in [-0.3, -0.25) is 9.59 Å². The highest BCUT2D eigenvalue weighted by atomic mass is 32.1. The lowest BCUT2D eigenvalue weighted by Crippen LogP contribution is -2.43. The van der Waals surface area contributed by atoms with Gasteiger partial charge >= 0.3 is 0 Å². The molecule has 1 atom stereocenters. The topological polar surface area (TPSA) is 80.8 Å². The van der Waals surface area contributed by atoms with Gasteiger partial charge in [0.15, 0.2) is 16.6 Å². The van der Waals surface area contributed by atoms with Crippen molar-refractivity contribution in [2.24, 2.45) is 5.92 Å². The number of amides is 2. The van der Waals surface area contributed by atoms with Crippen LogP contribution in [0.2, 0.25) is 0 Å². The van der Waals surface area contributed by atoms with E-state index in [9.17, 15) is 9.59 Å². The molecule has 5 rings (SSSR count). The molecule has 2 aliphatic heterocycles. The van der Waals surface area contributed by atoms with Crippen LogP contribution in [0.1, 0.15) is 25.7 Å². The number of anilines is 1. The first-order valence-electron chi connectivity index (χ1n) is 8.50. The van der Waals surface area contributed by atoms with E-state index in [4.69, 9.17) is 9.47 Å². The van der Waals surface area contributed by atoms with E-state index in [0.29, 0.717) is 29.6 Å². The molecule has 0 bridgehead atoms. The zero-order valence-electron chi connectivity index (χ0n) is 13.5. The quantitative estimate of drug-likeness (QED) is 0.910. The molecule has 0 spiro atoms. The zero-order valence-corrected chi connectivity index (χ0v) is 14.3. The van der Waals surface area contributed by atoms with Crippen LogP contribution < -0.4 is 14.8 Å². The number of rotatable bonds is 3. The SMILES string of the molecule is O=C(Nc1nc2cc3c(cc2s1)OCO3)C1CCCN1C(=O)C1CC1. The second kappa shape index (κ2) is 5.59. The number of aromatic nitrogens is 1. The normalized spacial score (nSPS) is 21.8. The lowest BCUT2D eigenvalue weighted by Gasteiger charge is -2.23. The third-order valence-corrected chi connectivity index (χ3v) is 5.81. The van der Waals surface area contributed by atoms with Crippen molar-refractivity contribution in [3.63, 3.8) is 0 Å². The van der Waals surface area contributed by atoms with Gasteiger partial charge in [0.2, 0.25) is 18.6 Å². The maximum atomic E-state index is 12.7. The van der Waals surface area contributed by atoms with Crippen molar-refractivity contribution in [2.75, 3.05) is 18.7 Å². The minimum Gasteiger partial charge on any atom is -0.454 e. The summed E-state index contributed by atoms with van der Waals surface area (Å²) in [7, 11) is 0. The molecule has 8 heteroatoms. The summed E-state index contributed by atoms with van der Waals surface area (Å²) >= 11 is 1.40. The largest absolute Gasteiger partial charge is 0.454 e. The van der Waals surface area contributed by atoms with E-state index in [1.165, 1.54) is 11.3 Å². The number of ether oxygens (including phenoxy) is 2. The number of benzene rings is 1. The van der Waals surface area contributed by atoms with Crippen LogP contribution in [0.5, 0.6) is 11.5 Å². The molecule has 25 heavy (non-hydrogen) atoms. The molecule has 3 heterocycles. The van der Waals surface area contributed by atoms with Crippen molar-refractivity contribution in [1.82, 2.24) is 9.88 Å². The monoisotopic (exact) mass is 359 g/mol. The molecule has 2 fully saturated rings. The number of nitrogens with one attached hydrogen (secondary N) is 1. The Labute approximate surface area is 147 Å². The first kappa shape index (κ1) is 14.9. The van der Waals surface area contributed by atoms with Gasteiger partial charge in [-0.15, -0.1) is 0 Å². The lowest BCUT2D eigenvalue weighted by atomic mass is 10.2. The fraction of sp³-hybridized carbons (Fsp3) is 0.471. The molecule has 1 aliphatic carbocycles. The molecule has 2 amide bonds. The van der Waals surface area contributed by atoms with E-state index in [-0.39, 0.29) is 30.6 Å². The first-order chi connectivity index (χ1) is 12.2. The number of carbonyl (C=O) groups excluding carboxylic acids is 2. The van der Waals surface area contributed by atoms with Crippen LogP contribution in [0.4, 0.5) is 5.13 Å². The molecule has 7 nitrogen and oxygen atoms in total. The van der Waals surface area contributed by atoms with Crippen molar-refractivity contribution >= 4 is 38.5 Å². The van der Waals surface area contributed by atoms with Gasteiger partial charge in [-0.2, -0.15) is 0 Å². The smallest absolute Gasteiger partial charge is 0.248 e. The van der Waals surface area contributed by atoms with Gasteiger partial charge in [-0.05, 0) is 25.7 Å². The minimum absolute atomic E-state index is 0.132. The number of fused-ring (bicyclic) bond motifs is 2. The highest BCUT2D eigenvalue weighted by molar-refractivity contribution is 7.22. The average Bonchev–Trinajstić information content (AvgIpc) is 3.00. The Morgan fingerprint density at radius 3 is 2.80 bits per heavy atom. The van der Waals surface area contributed by atoms with E-state index in [1.54, 1.807) is 4.90 Å². The van der Waals surface area contributed by atoms with E-state index in [1.807, 2.05) is 12.1 Å². The van der Waals surface area contributed by atoms with Crippen molar-refractivity contribution in [1.29, 1.82) is 0 Å². The summed E-state index contributed by atoms with van der Waals surface area (Å²) in [5, 5.41) is 3.42. The molecular formula is C17H17N3O4S. The Kier molecular flexibility index (Phi) is 3.34. The van der Waals surface area contributed by atoms with Crippen LogP contribution in [0, 0.1) is 5.92 Å². The molecule has 130 valence electrons. The van der Waals surface area contributed by atoms with Crippen molar-refractivity contribution in [3.8, 4) is 11.5 Å². The van der Waals surface area contributed by atoms with Crippen LogP contribution in [-0.2, 0) is 9.59 Å². The Morgan fingerprint density at radius 2 is 2.00 bits per heavy atom. The van der Waals surface area contributed by atoms with Crippen LogP contribution in [0.3, 0.4) is 0 Å². The average molecular weight is 359 g/mol. The van der Waals surface area contributed by atoms with Crippen LogP contribution in [0.25, 0.3) is 10.2 Å². The highest BCUT2D eigenvalue weighted by Gasteiger charge is 2.41. The van der Waals surface area contributed by atoms with Crippen molar-refractivity contribution < 1.29 is 19.1 Å². The Balaban J connectivity index is 1.35. The highest BCUT2D eigenvalue weighted by Crippen LogP contribution is 2.39. The van der Waals surface area contributed by atoms with Crippen LogP contribution >= 0.6 is 11.3 Å². The number of likely N-dealkylation sites (tertiary alicyclic amines) is 1. The van der Waals surface area contributed by atoms with E-state index in [0.717, 1.165) is 29.5 Å². The Bertz CT molecular complexity index is 835. The maximum Gasteiger partial charge on any atom is 0.248 e. The first-order valence-corrected chi connectivity index (χ1v) is 9.32. The fourth-order valence-corrected chi connectivity index (χ4v) is 4.31. The summed E-state index contributed by atoms with van der Waals surface area (Å²) in [6, 6.07) is 3.32. The van der Waals surface area contributed by atoms with Gasteiger partial charge in [-0.1, -0.05) is 11.3 Å². The zero-order chi connectivity index (χ0) is 17.0. The molecule has 2 aromatic rings. The number of hydrogen-bond acceptors (Lipinski definition) is 6. The second-order valence-corrected chi connectivity index (χ2v) is 7.68. The molecule has 1 aromatic heterocycles. The fourth-order valence-electron chi connectivity index (χ4n) is 3.43. The molecule has 0 radical (unpaired) electrons. The standard InChI is InChI=1S/C17H17N3O4S/c21-15(11-2-1-5-20(11)16(22)9-3-4-9)19-17-18-10-6-12-13(24-8-23-12)7-14(10)25-17/h6-7,9,11H,1-5,8H2,(H,18,19,21). The predicted octanol–water partition coefficient (Wildman–Crippen LogP) is 2.36. The number of nitrogens with zero attached hydrogens (tertiary/aromatic N) is 2. The van der Waals surface area contributed by atoms with E-state index in [2.05, 4.69) is 10.3 Å². The van der Waals surface area contributed by atoms with Gasteiger partial charge in [0.25, 0.3) is 0 Å². The van der Waals surface area contributed by atoms with E-state index >= 15 is 0 Å². The summed E-state index contributed by atoms with van der Waals surface area (Å²) in [6.07, 6.45) is 3.50. The summed E-state index contributed by atoms with van der Waals surface area (Å²) < 4.78 is 11.7. The summed E-state index contributed by atoms with van der Waals surface area (Å²) in [5.41, 5.74) is 0.766. The second-order valence-electron chi connectivity index (χ2n) is 6.65. The number of thiazole rings is 1. The molecule has 1 saturated heterocycles. The number of hydrogen-bond donors (Lipinski definition) is 1. The third kappa shape index (κ3) is 2.60. The van der Waals surface area contributed by atoms with E-state index < -0.39 is 0 Å².